The first kappa shape index (κ1) is 32.6. The van der Waals surface area contributed by atoms with E-state index in [-0.39, 0.29) is 35.7 Å². The van der Waals surface area contributed by atoms with Gasteiger partial charge in [0.2, 0.25) is 15.9 Å². The Kier molecular flexibility index (Phi) is 7.66. The summed E-state index contributed by atoms with van der Waals surface area (Å²) in [5.41, 5.74) is -3.94. The third kappa shape index (κ3) is 5.16. The predicted molar refractivity (Wildman–Crippen MR) is 154 cm³/mol. The molecular formula is C31H41F3N2O7S. The molecule has 5 atom stereocenters. The molecule has 9 nitrogen and oxygen atoms in total. The van der Waals surface area contributed by atoms with Crippen molar-refractivity contribution in [1.29, 1.82) is 0 Å². The van der Waals surface area contributed by atoms with Crippen molar-refractivity contribution in [2.24, 2.45) is 22.7 Å². The Morgan fingerprint density at radius 2 is 1.73 bits per heavy atom. The maximum absolute atomic E-state index is 14.5. The molecule has 2 bridgehead atoms. The molecule has 1 aromatic rings. The lowest BCUT2D eigenvalue weighted by atomic mass is 9.69. The smallest absolute Gasteiger partial charge is 0.417 e. The number of likely N-dealkylation sites (tertiary alicyclic amines) is 1. The number of alkyl halides is 3. The third-order valence-electron chi connectivity index (χ3n) is 10.3. The minimum atomic E-state index is -4.93. The van der Waals surface area contributed by atoms with Crippen LogP contribution in [-0.2, 0) is 30.5 Å². The standard InChI is InChI=1S/C31H41F3N2O7S/c1-17(2)42-26(38)24-19(9-8-10-22(24)31(32,33)34)20-14-35(27(39)43-28(3,4)5)15-21(20)25(37)36-23-13-18-11-12-30(23,29(18,6)7)16-44(36,40)41/h8-10,17-18,20-21,23H,11-16H2,1-7H3. The van der Waals surface area contributed by atoms with Crippen LogP contribution in [0, 0.1) is 22.7 Å². The minimum absolute atomic E-state index is 0.130. The van der Waals surface area contributed by atoms with Crippen LogP contribution in [0.25, 0.3) is 0 Å². The summed E-state index contributed by atoms with van der Waals surface area (Å²) in [4.78, 5) is 42.1. The van der Waals surface area contributed by atoms with E-state index < -0.39 is 80.3 Å². The van der Waals surface area contributed by atoms with Gasteiger partial charge in [0.25, 0.3) is 0 Å². The van der Waals surface area contributed by atoms with Crippen LogP contribution in [0.5, 0.6) is 0 Å². The number of carbonyl (C=O) groups excluding carboxylic acids is 3. The summed E-state index contributed by atoms with van der Waals surface area (Å²) in [6, 6.07) is 2.65. The monoisotopic (exact) mass is 642 g/mol. The fraction of sp³-hybridized carbons (Fsp3) is 0.710. The molecular weight excluding hydrogens is 601 g/mol. The van der Waals surface area contributed by atoms with Gasteiger partial charge in [-0.1, -0.05) is 26.0 Å². The zero-order chi connectivity index (χ0) is 32.8. The molecule has 244 valence electrons. The zero-order valence-corrected chi connectivity index (χ0v) is 27.0. The molecule has 2 aliphatic carbocycles. The maximum atomic E-state index is 14.5. The Morgan fingerprint density at radius 1 is 1.07 bits per heavy atom. The summed E-state index contributed by atoms with van der Waals surface area (Å²) in [5, 5.41) is 0. The Hall–Kier alpha value is -2.83. The largest absolute Gasteiger partial charge is 0.459 e. The number of hydrogen-bond acceptors (Lipinski definition) is 7. The van der Waals surface area contributed by atoms with Crippen molar-refractivity contribution in [3.63, 3.8) is 0 Å². The van der Waals surface area contributed by atoms with Gasteiger partial charge in [0.1, 0.15) is 5.60 Å². The lowest BCUT2D eigenvalue weighted by Gasteiger charge is -2.37. The normalized spacial score (nSPS) is 30.5. The van der Waals surface area contributed by atoms with Crippen LogP contribution in [-0.4, -0.2) is 72.2 Å². The number of benzene rings is 1. The summed E-state index contributed by atoms with van der Waals surface area (Å²) in [6.45, 7) is 11.5. The Balaban J connectivity index is 1.61. The Bertz CT molecular complexity index is 1480. The van der Waals surface area contributed by atoms with E-state index in [1.165, 1.54) is 24.8 Å². The van der Waals surface area contributed by atoms with Crippen molar-refractivity contribution in [2.75, 3.05) is 18.8 Å². The number of esters is 1. The number of halogens is 3. The van der Waals surface area contributed by atoms with Crippen molar-refractivity contribution in [3.8, 4) is 0 Å². The van der Waals surface area contributed by atoms with Crippen LogP contribution >= 0.6 is 0 Å². The number of carbonyl (C=O) groups is 3. The second kappa shape index (κ2) is 10.3. The third-order valence-corrected chi connectivity index (χ3v) is 12.2. The SMILES string of the molecule is CC(C)OC(=O)c1c(C2CN(C(=O)OC(C)(C)C)CC2C(=O)N2C3CC4CCC3(CS2(=O)=O)C4(C)C)cccc1C(F)(F)F. The number of nitrogens with zero attached hydrogens (tertiary/aromatic N) is 2. The number of ether oxygens (including phenoxy) is 2. The fourth-order valence-corrected chi connectivity index (χ4v) is 10.8. The van der Waals surface area contributed by atoms with Gasteiger partial charge in [-0.05, 0) is 76.8 Å². The first-order valence-corrected chi connectivity index (χ1v) is 16.7. The number of fused-ring (bicyclic) bond motifs is 1. The molecule has 5 unspecified atom stereocenters. The Labute approximate surface area is 256 Å². The number of amides is 2. The highest BCUT2D eigenvalue weighted by Crippen LogP contribution is 2.70. The molecule has 2 aliphatic heterocycles. The molecule has 4 aliphatic rings. The van der Waals surface area contributed by atoms with Gasteiger partial charge < -0.3 is 14.4 Å². The van der Waals surface area contributed by atoms with Gasteiger partial charge in [-0.3, -0.25) is 4.79 Å². The van der Waals surface area contributed by atoms with Crippen molar-refractivity contribution in [1.82, 2.24) is 9.21 Å². The van der Waals surface area contributed by atoms with Crippen LogP contribution in [0.3, 0.4) is 0 Å². The van der Waals surface area contributed by atoms with Crippen molar-refractivity contribution < 1.29 is 45.4 Å². The van der Waals surface area contributed by atoms with Gasteiger partial charge in [0.05, 0.1) is 34.9 Å². The summed E-state index contributed by atoms with van der Waals surface area (Å²) in [5.74, 6) is -4.31. The van der Waals surface area contributed by atoms with E-state index in [0.717, 1.165) is 22.9 Å². The molecule has 4 fully saturated rings. The summed E-state index contributed by atoms with van der Waals surface area (Å²) < 4.78 is 82.0. The predicted octanol–water partition coefficient (Wildman–Crippen LogP) is 5.59. The number of hydrogen-bond donors (Lipinski definition) is 0. The second-order valence-corrected chi connectivity index (χ2v) is 16.4. The fourth-order valence-electron chi connectivity index (χ4n) is 8.20. The second-order valence-electron chi connectivity index (χ2n) is 14.6. The molecule has 1 spiro atoms. The molecule has 2 saturated heterocycles. The molecule has 2 amide bonds. The minimum Gasteiger partial charge on any atom is -0.459 e. The van der Waals surface area contributed by atoms with Gasteiger partial charge in [0.15, 0.2) is 0 Å². The van der Waals surface area contributed by atoms with Gasteiger partial charge in [-0.25, -0.2) is 22.3 Å². The number of rotatable bonds is 4. The Morgan fingerprint density at radius 3 is 2.30 bits per heavy atom. The molecule has 2 saturated carbocycles. The van der Waals surface area contributed by atoms with Crippen molar-refractivity contribution >= 4 is 28.0 Å². The summed E-state index contributed by atoms with van der Waals surface area (Å²) in [6.07, 6.45) is -4.41. The van der Waals surface area contributed by atoms with Gasteiger partial charge >= 0.3 is 18.2 Å². The lowest BCUT2D eigenvalue weighted by Crippen LogP contribution is -2.47. The van der Waals surface area contributed by atoms with Crippen LogP contribution in [0.4, 0.5) is 18.0 Å². The first-order valence-electron chi connectivity index (χ1n) is 15.1. The maximum Gasteiger partial charge on any atom is 0.417 e. The van der Waals surface area contributed by atoms with Crippen molar-refractivity contribution in [2.45, 2.75) is 97.6 Å². The average molecular weight is 643 g/mol. The molecule has 0 radical (unpaired) electrons. The van der Waals surface area contributed by atoms with E-state index in [4.69, 9.17) is 9.47 Å². The van der Waals surface area contributed by atoms with Crippen LogP contribution in [0.15, 0.2) is 18.2 Å². The molecule has 0 N–H and O–H groups in total. The van der Waals surface area contributed by atoms with Crippen LogP contribution in [0.2, 0.25) is 0 Å². The van der Waals surface area contributed by atoms with E-state index in [2.05, 4.69) is 0 Å². The topological polar surface area (TPSA) is 110 Å². The first-order chi connectivity index (χ1) is 20.1. The highest BCUT2D eigenvalue weighted by molar-refractivity contribution is 7.90. The summed E-state index contributed by atoms with van der Waals surface area (Å²) in [7, 11) is -4.07. The van der Waals surface area contributed by atoms with Gasteiger partial charge in [0, 0.05) is 24.4 Å². The van der Waals surface area contributed by atoms with Gasteiger partial charge in [-0.15, -0.1) is 0 Å². The van der Waals surface area contributed by atoms with Crippen molar-refractivity contribution in [3.05, 3.63) is 34.9 Å². The molecule has 1 aromatic carbocycles. The highest BCUT2D eigenvalue weighted by atomic mass is 32.2. The van der Waals surface area contributed by atoms with Crippen LogP contribution in [0.1, 0.15) is 95.1 Å². The van der Waals surface area contributed by atoms with E-state index in [9.17, 15) is 36.0 Å². The molecule has 5 rings (SSSR count). The van der Waals surface area contributed by atoms with Crippen LogP contribution < -0.4 is 0 Å². The van der Waals surface area contributed by atoms with E-state index in [1.54, 1.807) is 20.8 Å². The molecule has 13 heteroatoms. The summed E-state index contributed by atoms with van der Waals surface area (Å²) >= 11 is 0. The highest BCUT2D eigenvalue weighted by Gasteiger charge is 2.72. The molecule has 2 heterocycles. The molecule has 0 aromatic heterocycles. The van der Waals surface area contributed by atoms with Gasteiger partial charge in [-0.2, -0.15) is 13.2 Å². The van der Waals surface area contributed by atoms with E-state index >= 15 is 0 Å². The zero-order valence-electron chi connectivity index (χ0n) is 26.2. The lowest BCUT2D eigenvalue weighted by molar-refractivity contribution is -0.138. The average Bonchev–Trinajstić information content (AvgIpc) is 3.54. The quantitative estimate of drug-likeness (QED) is 0.394. The van der Waals surface area contributed by atoms with E-state index in [1.807, 2.05) is 13.8 Å². The number of sulfonamides is 1. The molecule has 44 heavy (non-hydrogen) atoms. The van der Waals surface area contributed by atoms with E-state index in [0.29, 0.717) is 12.8 Å².